The van der Waals surface area contributed by atoms with Gasteiger partial charge in [0.2, 0.25) is 5.91 Å². The van der Waals surface area contributed by atoms with Gasteiger partial charge in [-0.3, -0.25) is 4.79 Å². The van der Waals surface area contributed by atoms with E-state index in [2.05, 4.69) is 5.32 Å². The van der Waals surface area contributed by atoms with E-state index >= 15 is 0 Å². The van der Waals surface area contributed by atoms with E-state index in [9.17, 15) is 17.6 Å². The second-order valence-electron chi connectivity index (χ2n) is 4.05. The summed E-state index contributed by atoms with van der Waals surface area (Å²) in [7, 11) is -4.00. The lowest BCUT2D eigenvalue weighted by atomic mass is 10.3. The molecule has 0 fully saturated rings. The van der Waals surface area contributed by atoms with Crippen molar-refractivity contribution in [2.24, 2.45) is 0 Å². The van der Waals surface area contributed by atoms with E-state index in [-0.39, 0.29) is 6.54 Å². The fourth-order valence-corrected chi connectivity index (χ4v) is 2.85. The molecule has 1 aromatic heterocycles. The van der Waals surface area contributed by atoms with E-state index in [0.717, 1.165) is 12.1 Å². The van der Waals surface area contributed by atoms with Crippen LogP contribution in [0.1, 0.15) is 5.76 Å². The topological polar surface area (TPSA) is 76.4 Å². The summed E-state index contributed by atoms with van der Waals surface area (Å²) in [6.45, 7) is 0.0820. The van der Waals surface area contributed by atoms with Crippen LogP contribution in [0.25, 0.3) is 0 Å². The highest BCUT2D eigenvalue weighted by Crippen LogP contribution is 2.15. The summed E-state index contributed by atoms with van der Waals surface area (Å²) >= 11 is 0. The number of carbonyl (C=O) groups excluding carboxylic acids is 1. The zero-order valence-corrected chi connectivity index (χ0v) is 11.2. The molecule has 0 aliphatic rings. The Kier molecular flexibility index (Phi) is 4.19. The zero-order valence-electron chi connectivity index (χ0n) is 10.4. The summed E-state index contributed by atoms with van der Waals surface area (Å²) < 4.78 is 42.2. The van der Waals surface area contributed by atoms with Crippen LogP contribution in [-0.4, -0.2) is 20.1 Å². The summed E-state index contributed by atoms with van der Waals surface area (Å²) in [6.07, 6.45) is 1.44. The lowest BCUT2D eigenvalue weighted by Crippen LogP contribution is -2.30. The Morgan fingerprint density at radius 1 is 1.20 bits per heavy atom. The van der Waals surface area contributed by atoms with Crippen LogP contribution in [-0.2, 0) is 21.2 Å². The molecule has 1 N–H and O–H groups in total. The number of nitrogens with one attached hydrogen (secondary N) is 1. The molecular weight excluding hydrogens is 285 g/mol. The average Bonchev–Trinajstić information content (AvgIpc) is 2.89. The van der Waals surface area contributed by atoms with E-state index in [4.69, 9.17) is 4.42 Å². The van der Waals surface area contributed by atoms with Crippen LogP contribution in [0.5, 0.6) is 0 Å². The first-order valence-electron chi connectivity index (χ1n) is 5.75. The van der Waals surface area contributed by atoms with Gasteiger partial charge in [-0.2, -0.15) is 0 Å². The summed E-state index contributed by atoms with van der Waals surface area (Å²) in [5.74, 6) is -1.90. The molecule has 0 spiro atoms. The largest absolute Gasteiger partial charge is 0.467 e. The van der Waals surface area contributed by atoms with Gasteiger partial charge in [0.25, 0.3) is 0 Å². The molecule has 0 aliphatic heterocycles. The number of amides is 1. The van der Waals surface area contributed by atoms with Crippen LogP contribution in [0.2, 0.25) is 0 Å². The van der Waals surface area contributed by atoms with E-state index in [1.54, 1.807) is 12.1 Å². The highest BCUT2D eigenvalue weighted by molar-refractivity contribution is 7.92. The highest BCUT2D eigenvalue weighted by atomic mass is 32.2. The third kappa shape index (κ3) is 3.45. The molecule has 0 unspecified atom stereocenters. The maximum absolute atomic E-state index is 13.4. The van der Waals surface area contributed by atoms with Gasteiger partial charge in [-0.25, -0.2) is 12.8 Å². The fourth-order valence-electron chi connectivity index (χ4n) is 1.60. The van der Waals surface area contributed by atoms with Gasteiger partial charge in [-0.1, -0.05) is 12.1 Å². The molecule has 1 aromatic carbocycles. The summed E-state index contributed by atoms with van der Waals surface area (Å²) in [4.78, 5) is 11.1. The Bertz CT molecular complexity index is 695. The number of furan rings is 1. The number of benzene rings is 1. The molecule has 0 radical (unpaired) electrons. The van der Waals surface area contributed by atoms with Crippen molar-refractivity contribution in [1.82, 2.24) is 5.32 Å². The Morgan fingerprint density at radius 3 is 2.60 bits per heavy atom. The molecular formula is C13H12FNO4S. The standard InChI is InChI=1S/C13H12FNO4S/c14-11-5-1-2-6-12(11)20(17,18)9-13(16)15-8-10-4-3-7-19-10/h1-7H,8-9H2,(H,15,16). The molecule has 0 bridgehead atoms. The van der Waals surface area contributed by atoms with Crippen molar-refractivity contribution >= 4 is 15.7 Å². The van der Waals surface area contributed by atoms with E-state index in [1.807, 2.05) is 0 Å². The smallest absolute Gasteiger partial charge is 0.235 e. The normalized spacial score (nSPS) is 11.2. The molecule has 0 saturated carbocycles. The number of carbonyl (C=O) groups is 1. The Labute approximate surface area is 115 Å². The maximum Gasteiger partial charge on any atom is 0.235 e. The first-order chi connectivity index (χ1) is 9.49. The van der Waals surface area contributed by atoms with Crippen LogP contribution in [0.3, 0.4) is 0 Å². The molecule has 1 heterocycles. The first kappa shape index (κ1) is 14.3. The van der Waals surface area contributed by atoms with Crippen molar-refractivity contribution in [2.75, 3.05) is 5.75 Å². The van der Waals surface area contributed by atoms with Crippen molar-refractivity contribution in [3.63, 3.8) is 0 Å². The maximum atomic E-state index is 13.4. The van der Waals surface area contributed by atoms with Crippen molar-refractivity contribution in [3.8, 4) is 0 Å². The predicted molar refractivity (Wildman–Crippen MR) is 69.0 cm³/mol. The molecule has 0 saturated heterocycles. The third-order valence-electron chi connectivity index (χ3n) is 2.53. The van der Waals surface area contributed by atoms with Gasteiger partial charge in [0, 0.05) is 0 Å². The van der Waals surface area contributed by atoms with Crippen molar-refractivity contribution in [2.45, 2.75) is 11.4 Å². The molecule has 0 aliphatic carbocycles. The van der Waals surface area contributed by atoms with E-state index < -0.39 is 32.2 Å². The quantitative estimate of drug-likeness (QED) is 0.907. The molecule has 2 aromatic rings. The van der Waals surface area contributed by atoms with Crippen molar-refractivity contribution in [3.05, 3.63) is 54.2 Å². The van der Waals surface area contributed by atoms with Gasteiger partial charge in [-0.05, 0) is 24.3 Å². The number of halogens is 1. The van der Waals surface area contributed by atoms with Gasteiger partial charge in [0.05, 0.1) is 12.8 Å². The highest BCUT2D eigenvalue weighted by Gasteiger charge is 2.22. The fraction of sp³-hybridized carbons (Fsp3) is 0.154. The number of rotatable bonds is 5. The minimum Gasteiger partial charge on any atom is -0.467 e. The third-order valence-corrected chi connectivity index (χ3v) is 4.18. The van der Waals surface area contributed by atoms with Crippen LogP contribution in [0.15, 0.2) is 52.0 Å². The van der Waals surface area contributed by atoms with Crippen molar-refractivity contribution < 1.29 is 22.0 Å². The van der Waals surface area contributed by atoms with Crippen LogP contribution in [0, 0.1) is 5.82 Å². The number of hydrogen-bond acceptors (Lipinski definition) is 4. The monoisotopic (exact) mass is 297 g/mol. The Balaban J connectivity index is 2.01. The Morgan fingerprint density at radius 2 is 1.95 bits per heavy atom. The van der Waals surface area contributed by atoms with Gasteiger partial charge in [-0.15, -0.1) is 0 Å². The average molecular weight is 297 g/mol. The molecule has 0 atom stereocenters. The second kappa shape index (κ2) is 5.87. The Hall–Kier alpha value is -2.15. The predicted octanol–water partition coefficient (Wildman–Crippen LogP) is 1.51. The summed E-state index contributed by atoms with van der Waals surface area (Å²) in [5.41, 5.74) is 0. The molecule has 7 heteroatoms. The van der Waals surface area contributed by atoms with Crippen LogP contribution < -0.4 is 5.32 Å². The molecule has 2 rings (SSSR count). The number of sulfone groups is 1. The zero-order chi connectivity index (χ0) is 14.6. The van der Waals surface area contributed by atoms with Gasteiger partial charge in [0.15, 0.2) is 9.84 Å². The minimum atomic E-state index is -4.00. The van der Waals surface area contributed by atoms with Crippen LogP contribution in [0.4, 0.5) is 4.39 Å². The summed E-state index contributed by atoms with van der Waals surface area (Å²) in [6, 6.07) is 8.24. The van der Waals surface area contributed by atoms with Gasteiger partial charge in [0.1, 0.15) is 22.2 Å². The lowest BCUT2D eigenvalue weighted by Gasteiger charge is -2.06. The van der Waals surface area contributed by atoms with Gasteiger partial charge >= 0.3 is 0 Å². The summed E-state index contributed by atoms with van der Waals surface area (Å²) in [5, 5.41) is 2.40. The number of hydrogen-bond donors (Lipinski definition) is 1. The molecule has 1 amide bonds. The molecule has 106 valence electrons. The van der Waals surface area contributed by atoms with E-state index in [1.165, 1.54) is 18.4 Å². The second-order valence-corrected chi connectivity index (χ2v) is 6.00. The van der Waals surface area contributed by atoms with E-state index in [0.29, 0.717) is 5.76 Å². The van der Waals surface area contributed by atoms with Crippen molar-refractivity contribution in [1.29, 1.82) is 0 Å². The SMILES string of the molecule is O=C(CS(=O)(=O)c1ccccc1F)NCc1ccco1. The van der Waals surface area contributed by atoms with Crippen LogP contribution >= 0.6 is 0 Å². The molecule has 5 nitrogen and oxygen atoms in total. The van der Waals surface area contributed by atoms with Gasteiger partial charge < -0.3 is 9.73 Å². The lowest BCUT2D eigenvalue weighted by molar-refractivity contribution is -0.118. The minimum absolute atomic E-state index is 0.0820. The first-order valence-corrected chi connectivity index (χ1v) is 7.40. The molecule has 20 heavy (non-hydrogen) atoms.